The van der Waals surface area contributed by atoms with Gasteiger partial charge in [0.2, 0.25) is 0 Å². The van der Waals surface area contributed by atoms with Crippen molar-refractivity contribution in [2.45, 2.75) is 6.54 Å². The van der Waals surface area contributed by atoms with Gasteiger partial charge in [0.1, 0.15) is 5.75 Å². The van der Waals surface area contributed by atoms with Gasteiger partial charge in [-0.2, -0.15) is 4.98 Å². The Labute approximate surface area is 210 Å². The average Bonchev–Trinajstić information content (AvgIpc) is 3.18. The highest BCUT2D eigenvalue weighted by atomic mass is 35.5. The number of ether oxygens (including phenoxy) is 1. The number of aromatic nitrogens is 4. The molecule has 2 heterocycles. The van der Waals surface area contributed by atoms with E-state index in [1.165, 1.54) is 4.57 Å². The summed E-state index contributed by atoms with van der Waals surface area (Å²) in [7, 11) is 3.24. The van der Waals surface area contributed by atoms with Crippen molar-refractivity contribution in [1.82, 2.24) is 18.7 Å². The van der Waals surface area contributed by atoms with Crippen molar-refractivity contribution in [1.29, 1.82) is 0 Å². The summed E-state index contributed by atoms with van der Waals surface area (Å²) in [6, 6.07) is 22.7. The second kappa shape index (κ2) is 9.09. The van der Waals surface area contributed by atoms with Crippen LogP contribution in [0.15, 0.2) is 82.4 Å². The van der Waals surface area contributed by atoms with E-state index in [0.29, 0.717) is 21.4 Å². The fourth-order valence-electron chi connectivity index (χ4n) is 3.93. The van der Waals surface area contributed by atoms with E-state index in [2.05, 4.69) is 4.98 Å². The molecule has 7 nitrogen and oxygen atoms in total. The lowest BCUT2D eigenvalue weighted by molar-refractivity contribution is 0.427. The van der Waals surface area contributed by atoms with E-state index in [9.17, 15) is 9.59 Å². The van der Waals surface area contributed by atoms with Crippen molar-refractivity contribution in [3.05, 3.63) is 109 Å². The highest BCUT2D eigenvalue weighted by Gasteiger charge is 2.20. The Hall–Kier alpha value is -3.81. The molecule has 0 fully saturated rings. The third-order valence-electron chi connectivity index (χ3n) is 5.83. The molecule has 5 aromatic rings. The first kappa shape index (κ1) is 23.0. The second-order valence-electron chi connectivity index (χ2n) is 8.09. The molecule has 0 spiro atoms. The maximum atomic E-state index is 13.3. The summed E-state index contributed by atoms with van der Waals surface area (Å²) in [5.74, 6) is 0.557. The minimum Gasteiger partial charge on any atom is -0.425 e. The van der Waals surface area contributed by atoms with E-state index >= 15 is 0 Å². The third-order valence-corrected chi connectivity index (χ3v) is 6.42. The van der Waals surface area contributed by atoms with Crippen molar-refractivity contribution in [2.24, 2.45) is 14.1 Å². The molecular formula is C26H20Cl2N4O3. The largest absolute Gasteiger partial charge is 0.425 e. The zero-order chi connectivity index (χ0) is 24.7. The Morgan fingerprint density at radius 1 is 0.857 bits per heavy atom. The van der Waals surface area contributed by atoms with E-state index in [0.717, 1.165) is 15.7 Å². The normalized spacial score (nSPS) is 11.2. The number of fused-ring (bicyclic) bond motifs is 1. The quantitative estimate of drug-likeness (QED) is 0.326. The minimum absolute atomic E-state index is 0.000231. The van der Waals surface area contributed by atoms with Crippen LogP contribution in [-0.2, 0) is 20.6 Å². The number of benzene rings is 3. The number of hydrogen-bond acceptors (Lipinski definition) is 4. The van der Waals surface area contributed by atoms with Crippen LogP contribution in [0.25, 0.3) is 22.3 Å². The molecule has 0 radical (unpaired) electrons. The van der Waals surface area contributed by atoms with E-state index < -0.39 is 11.2 Å². The van der Waals surface area contributed by atoms with Crippen LogP contribution in [0.2, 0.25) is 10.0 Å². The first-order valence-corrected chi connectivity index (χ1v) is 11.5. The second-order valence-corrected chi connectivity index (χ2v) is 8.93. The molecule has 2 aromatic heterocycles. The molecule has 0 amide bonds. The van der Waals surface area contributed by atoms with Crippen LogP contribution >= 0.6 is 23.2 Å². The highest BCUT2D eigenvalue weighted by Crippen LogP contribution is 2.27. The number of nitrogens with zero attached hydrogens (tertiary/aromatic N) is 4. The number of halogens is 2. The Morgan fingerprint density at radius 2 is 1.54 bits per heavy atom. The topological polar surface area (TPSA) is 71.1 Å². The van der Waals surface area contributed by atoms with Crippen LogP contribution < -0.4 is 16.0 Å². The predicted molar refractivity (Wildman–Crippen MR) is 138 cm³/mol. The van der Waals surface area contributed by atoms with Gasteiger partial charge in [-0.15, -0.1) is 0 Å². The van der Waals surface area contributed by atoms with Crippen molar-refractivity contribution < 1.29 is 4.74 Å². The monoisotopic (exact) mass is 506 g/mol. The molecule has 5 rings (SSSR count). The Kier molecular flexibility index (Phi) is 5.96. The lowest BCUT2D eigenvalue weighted by Gasteiger charge is -2.10. The van der Waals surface area contributed by atoms with E-state index in [-0.39, 0.29) is 23.7 Å². The van der Waals surface area contributed by atoms with Gasteiger partial charge in [0, 0.05) is 24.1 Å². The van der Waals surface area contributed by atoms with Gasteiger partial charge in [-0.05, 0) is 41.0 Å². The summed E-state index contributed by atoms with van der Waals surface area (Å²) in [6.45, 7) is -0.000231. The van der Waals surface area contributed by atoms with E-state index in [4.69, 9.17) is 27.9 Å². The van der Waals surface area contributed by atoms with Gasteiger partial charge in [0.15, 0.2) is 11.2 Å². The number of imidazole rings is 1. The lowest BCUT2D eigenvalue weighted by Crippen LogP contribution is -2.39. The molecule has 35 heavy (non-hydrogen) atoms. The molecule has 0 unspecified atom stereocenters. The molecule has 0 N–H and O–H groups in total. The molecule has 0 saturated heterocycles. The molecular weight excluding hydrogens is 487 g/mol. The van der Waals surface area contributed by atoms with Crippen LogP contribution in [0.5, 0.6) is 11.8 Å². The molecule has 176 valence electrons. The van der Waals surface area contributed by atoms with E-state index in [1.54, 1.807) is 36.9 Å². The first-order chi connectivity index (χ1) is 16.8. The summed E-state index contributed by atoms with van der Waals surface area (Å²) in [4.78, 5) is 30.8. The van der Waals surface area contributed by atoms with Crippen LogP contribution in [0.4, 0.5) is 0 Å². The summed E-state index contributed by atoms with van der Waals surface area (Å²) in [6.07, 6.45) is 0. The fraction of sp³-hybridized carbons (Fsp3) is 0.115. The number of aryl methyl sites for hydroxylation is 2. The van der Waals surface area contributed by atoms with Gasteiger partial charge in [0.25, 0.3) is 5.56 Å². The van der Waals surface area contributed by atoms with Crippen molar-refractivity contribution in [2.75, 3.05) is 0 Å². The zero-order valence-electron chi connectivity index (χ0n) is 18.9. The molecule has 0 saturated carbocycles. The highest BCUT2D eigenvalue weighted by molar-refractivity contribution is 6.35. The van der Waals surface area contributed by atoms with Gasteiger partial charge in [-0.1, -0.05) is 71.7 Å². The summed E-state index contributed by atoms with van der Waals surface area (Å²) in [5, 5.41) is 0.846. The smallest absolute Gasteiger partial charge is 0.332 e. The zero-order valence-corrected chi connectivity index (χ0v) is 20.4. The van der Waals surface area contributed by atoms with Gasteiger partial charge >= 0.3 is 11.7 Å². The molecule has 0 atom stereocenters. The van der Waals surface area contributed by atoms with Crippen LogP contribution in [0.3, 0.4) is 0 Å². The summed E-state index contributed by atoms with van der Waals surface area (Å²) < 4.78 is 9.97. The van der Waals surface area contributed by atoms with Crippen LogP contribution in [-0.4, -0.2) is 18.7 Å². The Balaban J connectivity index is 1.52. The Morgan fingerprint density at radius 3 is 2.23 bits per heavy atom. The van der Waals surface area contributed by atoms with Crippen LogP contribution in [0.1, 0.15) is 5.56 Å². The van der Waals surface area contributed by atoms with Crippen molar-refractivity contribution >= 4 is 34.4 Å². The molecule has 9 heteroatoms. The molecule has 0 aliphatic heterocycles. The Bertz CT molecular complexity index is 1670. The van der Waals surface area contributed by atoms with Crippen molar-refractivity contribution in [3.63, 3.8) is 0 Å². The maximum Gasteiger partial charge on any atom is 0.332 e. The first-order valence-electron chi connectivity index (χ1n) is 10.8. The molecule has 0 bridgehead atoms. The number of rotatable bonds is 5. The van der Waals surface area contributed by atoms with Gasteiger partial charge in [-0.25, -0.2) is 4.79 Å². The standard InChI is InChI=1S/C26H20Cl2N4O3/c1-30-22-23(29-25(30)35-20-12-9-17(10-13-20)16-6-4-3-5-7-16)31(2)26(34)32(24(22)33)15-18-8-11-19(27)14-21(18)28/h3-14H,15H2,1-2H3. The molecule has 3 aromatic carbocycles. The molecule has 0 aliphatic rings. The van der Waals surface area contributed by atoms with Gasteiger partial charge in [-0.3, -0.25) is 18.5 Å². The molecule has 0 aliphatic carbocycles. The third kappa shape index (κ3) is 4.24. The van der Waals surface area contributed by atoms with Gasteiger partial charge < -0.3 is 4.74 Å². The minimum atomic E-state index is -0.509. The fourth-order valence-corrected chi connectivity index (χ4v) is 4.39. The SMILES string of the molecule is Cn1c(Oc2ccc(-c3ccccc3)cc2)nc2c1c(=O)n(Cc1ccc(Cl)cc1Cl)c(=O)n2C. The van der Waals surface area contributed by atoms with Gasteiger partial charge in [0.05, 0.1) is 6.54 Å². The average molecular weight is 507 g/mol. The summed E-state index contributed by atoms with van der Waals surface area (Å²) in [5.41, 5.74) is 2.23. The lowest BCUT2D eigenvalue weighted by atomic mass is 10.1. The maximum absolute atomic E-state index is 13.3. The van der Waals surface area contributed by atoms with E-state index in [1.807, 2.05) is 54.6 Å². The van der Waals surface area contributed by atoms with Crippen molar-refractivity contribution in [3.8, 4) is 22.9 Å². The summed E-state index contributed by atoms with van der Waals surface area (Å²) >= 11 is 12.2. The predicted octanol–water partition coefficient (Wildman–Crippen LogP) is 5.25. The van der Waals surface area contributed by atoms with Crippen LogP contribution in [0, 0.1) is 0 Å². The number of hydrogen-bond donors (Lipinski definition) is 0.